The zero-order valence-corrected chi connectivity index (χ0v) is 11.8. The van der Waals surface area contributed by atoms with Gasteiger partial charge in [0.15, 0.2) is 0 Å². The predicted molar refractivity (Wildman–Crippen MR) is 76.3 cm³/mol. The minimum absolute atomic E-state index is 0.239. The van der Waals surface area contributed by atoms with Crippen molar-refractivity contribution in [3.8, 4) is 0 Å². The van der Waals surface area contributed by atoms with Gasteiger partial charge in [-0.2, -0.15) is 0 Å². The van der Waals surface area contributed by atoms with E-state index < -0.39 is 6.16 Å². The molecule has 1 N–H and O–H groups in total. The van der Waals surface area contributed by atoms with Crippen molar-refractivity contribution in [2.45, 2.75) is 52.1 Å². The Labute approximate surface area is 115 Å². The van der Waals surface area contributed by atoms with Crippen LogP contribution in [0.4, 0.5) is 4.79 Å². The lowest BCUT2D eigenvalue weighted by Crippen LogP contribution is -2.28. The van der Waals surface area contributed by atoms with Crippen LogP contribution in [0.3, 0.4) is 0 Å². The van der Waals surface area contributed by atoms with Gasteiger partial charge in [0, 0.05) is 6.42 Å². The summed E-state index contributed by atoms with van der Waals surface area (Å²) in [6, 6.07) is 9.95. The van der Waals surface area contributed by atoms with E-state index >= 15 is 0 Å². The molecule has 0 aliphatic rings. The predicted octanol–water partition coefficient (Wildman–Crippen LogP) is 4.51. The van der Waals surface area contributed by atoms with Gasteiger partial charge in [-0.25, -0.2) is 4.79 Å². The number of rotatable bonds is 8. The molecule has 3 nitrogen and oxygen atoms in total. The van der Waals surface area contributed by atoms with Gasteiger partial charge in [0.1, 0.15) is 6.10 Å². The van der Waals surface area contributed by atoms with Crippen molar-refractivity contribution < 1.29 is 14.6 Å². The Morgan fingerprint density at radius 3 is 2.47 bits per heavy atom. The average Bonchev–Trinajstić information content (AvgIpc) is 2.40. The second-order valence-electron chi connectivity index (χ2n) is 4.92. The van der Waals surface area contributed by atoms with Gasteiger partial charge >= 0.3 is 6.16 Å². The zero-order chi connectivity index (χ0) is 14.1. The van der Waals surface area contributed by atoms with E-state index in [0.717, 1.165) is 31.2 Å². The third-order valence-corrected chi connectivity index (χ3v) is 3.51. The molecule has 0 aliphatic heterocycles. The lowest BCUT2D eigenvalue weighted by Gasteiger charge is -2.25. The summed E-state index contributed by atoms with van der Waals surface area (Å²) >= 11 is 0. The molecule has 0 radical (unpaired) electrons. The molecule has 0 aromatic heterocycles. The third kappa shape index (κ3) is 5.77. The van der Waals surface area contributed by atoms with E-state index in [1.165, 1.54) is 0 Å². The molecule has 2 atom stereocenters. The monoisotopic (exact) mass is 264 g/mol. The van der Waals surface area contributed by atoms with Crippen molar-refractivity contribution in [2.75, 3.05) is 0 Å². The first-order valence-corrected chi connectivity index (χ1v) is 7.10. The number of hydrogen-bond donors (Lipinski definition) is 1. The van der Waals surface area contributed by atoms with Crippen LogP contribution in [0.1, 0.15) is 45.1 Å². The molecule has 0 aliphatic carbocycles. The minimum Gasteiger partial charge on any atom is -0.450 e. The van der Waals surface area contributed by atoms with Crippen LogP contribution < -0.4 is 0 Å². The summed E-state index contributed by atoms with van der Waals surface area (Å²) in [5.41, 5.74) is 1.13. The van der Waals surface area contributed by atoms with E-state index in [4.69, 9.17) is 9.84 Å². The number of benzene rings is 1. The van der Waals surface area contributed by atoms with E-state index in [2.05, 4.69) is 13.8 Å². The molecule has 0 amide bonds. The number of carboxylic acid groups (broad SMARTS) is 1. The smallest absolute Gasteiger partial charge is 0.450 e. The van der Waals surface area contributed by atoms with Gasteiger partial charge in [-0.15, -0.1) is 0 Å². The Morgan fingerprint density at radius 2 is 1.95 bits per heavy atom. The first-order valence-electron chi connectivity index (χ1n) is 7.10. The van der Waals surface area contributed by atoms with Crippen molar-refractivity contribution in [3.63, 3.8) is 0 Å². The molecule has 2 unspecified atom stereocenters. The fraction of sp³-hybridized carbons (Fsp3) is 0.562. The SMILES string of the molecule is CCCCC(CC)C(Cc1ccccc1)OC(=O)O. The zero-order valence-electron chi connectivity index (χ0n) is 11.8. The summed E-state index contributed by atoms with van der Waals surface area (Å²) in [4.78, 5) is 10.9. The normalized spacial score (nSPS) is 13.8. The lowest BCUT2D eigenvalue weighted by atomic mass is 9.89. The Kier molecular flexibility index (Phi) is 7.01. The van der Waals surface area contributed by atoms with Crippen LogP contribution in [0.2, 0.25) is 0 Å². The molecule has 19 heavy (non-hydrogen) atoms. The molecule has 0 saturated heterocycles. The highest BCUT2D eigenvalue weighted by Gasteiger charge is 2.23. The highest BCUT2D eigenvalue weighted by atomic mass is 16.7. The first kappa shape index (κ1) is 15.5. The van der Waals surface area contributed by atoms with Crippen LogP contribution in [-0.2, 0) is 11.2 Å². The van der Waals surface area contributed by atoms with Gasteiger partial charge in [-0.3, -0.25) is 0 Å². The Morgan fingerprint density at radius 1 is 1.26 bits per heavy atom. The summed E-state index contributed by atoms with van der Waals surface area (Å²) in [6.45, 7) is 4.25. The Bertz CT molecular complexity index is 362. The highest BCUT2D eigenvalue weighted by molar-refractivity contribution is 5.57. The molecule has 1 aromatic rings. The second kappa shape index (κ2) is 8.57. The number of unbranched alkanes of at least 4 members (excludes halogenated alkanes) is 1. The Balaban J connectivity index is 2.71. The molecule has 1 aromatic carbocycles. The van der Waals surface area contributed by atoms with Crippen molar-refractivity contribution in [1.29, 1.82) is 0 Å². The summed E-state index contributed by atoms with van der Waals surface area (Å²) in [5, 5.41) is 8.91. The van der Waals surface area contributed by atoms with Gasteiger partial charge in [-0.05, 0) is 24.3 Å². The van der Waals surface area contributed by atoms with E-state index in [0.29, 0.717) is 12.3 Å². The maximum atomic E-state index is 10.9. The molecule has 106 valence electrons. The van der Waals surface area contributed by atoms with Crippen LogP contribution in [0.15, 0.2) is 30.3 Å². The molecule has 0 fully saturated rings. The highest BCUT2D eigenvalue weighted by Crippen LogP contribution is 2.23. The van der Waals surface area contributed by atoms with Gasteiger partial charge < -0.3 is 9.84 Å². The van der Waals surface area contributed by atoms with E-state index in [-0.39, 0.29) is 6.10 Å². The largest absolute Gasteiger partial charge is 0.506 e. The lowest BCUT2D eigenvalue weighted by molar-refractivity contribution is 0.0211. The quantitative estimate of drug-likeness (QED) is 0.703. The topological polar surface area (TPSA) is 46.5 Å². The van der Waals surface area contributed by atoms with E-state index in [9.17, 15) is 4.79 Å². The maximum Gasteiger partial charge on any atom is 0.506 e. The number of hydrogen-bond acceptors (Lipinski definition) is 2. The van der Waals surface area contributed by atoms with Crippen LogP contribution in [0.5, 0.6) is 0 Å². The fourth-order valence-electron chi connectivity index (χ4n) is 2.40. The summed E-state index contributed by atoms with van der Waals surface area (Å²) in [7, 11) is 0. The molecule has 0 spiro atoms. The summed E-state index contributed by atoms with van der Waals surface area (Å²) < 4.78 is 5.12. The molecule has 3 heteroatoms. The average molecular weight is 264 g/mol. The van der Waals surface area contributed by atoms with Crippen molar-refractivity contribution in [3.05, 3.63) is 35.9 Å². The van der Waals surface area contributed by atoms with Crippen LogP contribution in [0.25, 0.3) is 0 Å². The van der Waals surface area contributed by atoms with Crippen molar-refractivity contribution >= 4 is 6.16 Å². The maximum absolute atomic E-state index is 10.9. The van der Waals surface area contributed by atoms with Crippen molar-refractivity contribution in [1.82, 2.24) is 0 Å². The molecule has 1 rings (SSSR count). The molecule has 0 heterocycles. The molecular weight excluding hydrogens is 240 g/mol. The van der Waals surface area contributed by atoms with Gasteiger partial charge in [0.05, 0.1) is 0 Å². The van der Waals surface area contributed by atoms with Crippen molar-refractivity contribution in [2.24, 2.45) is 5.92 Å². The second-order valence-corrected chi connectivity index (χ2v) is 4.92. The molecule has 0 saturated carbocycles. The summed E-state index contributed by atoms with van der Waals surface area (Å²) in [5.74, 6) is 0.302. The molecule has 0 bridgehead atoms. The summed E-state index contributed by atoms with van der Waals surface area (Å²) in [6.07, 6.45) is 3.47. The van der Waals surface area contributed by atoms with Crippen LogP contribution >= 0.6 is 0 Å². The van der Waals surface area contributed by atoms with E-state index in [1.807, 2.05) is 30.3 Å². The fourth-order valence-corrected chi connectivity index (χ4v) is 2.40. The van der Waals surface area contributed by atoms with Gasteiger partial charge in [0.2, 0.25) is 0 Å². The number of ether oxygens (including phenoxy) is 1. The van der Waals surface area contributed by atoms with Crippen LogP contribution in [-0.4, -0.2) is 17.4 Å². The van der Waals surface area contributed by atoms with E-state index in [1.54, 1.807) is 0 Å². The minimum atomic E-state index is -1.17. The van der Waals surface area contributed by atoms with Gasteiger partial charge in [0.25, 0.3) is 0 Å². The third-order valence-electron chi connectivity index (χ3n) is 3.51. The molecular formula is C16H24O3. The number of carbonyl (C=O) groups is 1. The Hall–Kier alpha value is -1.51. The first-order chi connectivity index (χ1) is 9.17. The van der Waals surface area contributed by atoms with Crippen LogP contribution in [0, 0.1) is 5.92 Å². The van der Waals surface area contributed by atoms with Gasteiger partial charge in [-0.1, -0.05) is 57.0 Å². The standard InChI is InChI=1S/C16H24O3/c1-3-5-11-14(4-2)15(19-16(17)18)12-13-9-7-6-8-10-13/h6-10,14-15H,3-5,11-12H2,1-2H3,(H,17,18).